The Labute approximate surface area is 158 Å². The van der Waals surface area contributed by atoms with Gasteiger partial charge in [0.25, 0.3) is 0 Å². The van der Waals surface area contributed by atoms with Gasteiger partial charge in [0.2, 0.25) is 0 Å². The second kappa shape index (κ2) is 10.4. The molecule has 150 valence electrons. The molecule has 1 N–H and O–H groups in total. The number of ether oxygens (including phenoxy) is 1. The summed E-state index contributed by atoms with van der Waals surface area (Å²) in [4.78, 5) is 10.5. The highest BCUT2D eigenvalue weighted by molar-refractivity contribution is 5.85. The molecule has 0 amide bonds. The molecule has 0 aliphatic heterocycles. The molecule has 0 bridgehead atoms. The topological polar surface area (TPSA) is 46.5 Å². The van der Waals surface area contributed by atoms with Crippen LogP contribution in [0.4, 0.5) is 13.2 Å². The van der Waals surface area contributed by atoms with E-state index in [0.717, 1.165) is 49.5 Å². The minimum absolute atomic E-state index is 0.240. The monoisotopic (exact) mass is 384 g/mol. The minimum Gasteiger partial charge on any atom is -0.493 e. The number of carboxylic acid groups (broad SMARTS) is 1. The van der Waals surface area contributed by atoms with Gasteiger partial charge in [-0.1, -0.05) is 37.8 Å². The summed E-state index contributed by atoms with van der Waals surface area (Å²) >= 11 is 0. The highest BCUT2D eigenvalue weighted by Gasteiger charge is 2.26. The van der Waals surface area contributed by atoms with Crippen molar-refractivity contribution >= 4 is 12.0 Å². The maximum Gasteiger partial charge on any atom is 0.389 e. The van der Waals surface area contributed by atoms with Crippen molar-refractivity contribution in [3.8, 4) is 5.75 Å². The first-order chi connectivity index (χ1) is 12.8. The molecule has 0 radical (unpaired) electrons. The number of carboxylic acids is 1. The molecule has 1 saturated carbocycles. The number of benzene rings is 1. The van der Waals surface area contributed by atoms with Gasteiger partial charge in [-0.15, -0.1) is 0 Å². The molecule has 2 rings (SSSR count). The first-order valence-electron chi connectivity index (χ1n) is 9.52. The normalized spacial score (nSPS) is 20.7. The maximum absolute atomic E-state index is 12.1. The van der Waals surface area contributed by atoms with Gasteiger partial charge in [0.05, 0.1) is 6.61 Å². The Balaban J connectivity index is 1.62. The Bertz CT molecular complexity index is 600. The van der Waals surface area contributed by atoms with Crippen molar-refractivity contribution in [3.63, 3.8) is 0 Å². The molecule has 27 heavy (non-hydrogen) atoms. The molecule has 0 saturated heterocycles. The predicted molar refractivity (Wildman–Crippen MR) is 98.6 cm³/mol. The lowest BCUT2D eigenvalue weighted by Crippen LogP contribution is -2.20. The van der Waals surface area contributed by atoms with E-state index in [-0.39, 0.29) is 6.42 Å². The fourth-order valence-electron chi connectivity index (χ4n) is 3.50. The van der Waals surface area contributed by atoms with Crippen LogP contribution in [-0.4, -0.2) is 23.9 Å². The van der Waals surface area contributed by atoms with Gasteiger partial charge in [-0.05, 0) is 54.9 Å². The fourth-order valence-corrected chi connectivity index (χ4v) is 3.50. The summed E-state index contributed by atoms with van der Waals surface area (Å²) in [6.45, 7) is 0.644. The van der Waals surface area contributed by atoms with Crippen LogP contribution >= 0.6 is 0 Å². The average molecular weight is 384 g/mol. The second-order valence-electron chi connectivity index (χ2n) is 7.30. The molecule has 1 aromatic rings. The summed E-state index contributed by atoms with van der Waals surface area (Å²) in [6.07, 6.45) is 3.98. The minimum atomic E-state index is -4.03. The van der Waals surface area contributed by atoms with E-state index in [2.05, 4.69) is 0 Å². The molecule has 1 aliphatic carbocycles. The van der Waals surface area contributed by atoms with Crippen LogP contribution in [0.25, 0.3) is 6.08 Å². The standard InChI is InChI=1S/C21H27F3O3/c22-21(23,24)14-2-1-3-16-4-6-18(7-5-16)15-27-19-11-8-17(9-12-19)10-13-20(25)26/h8-13,16,18H,1-7,14-15H2,(H,25,26)/b13-10+. The van der Waals surface area contributed by atoms with Crippen LogP contribution in [0.15, 0.2) is 30.3 Å². The molecule has 6 heteroatoms. The molecule has 1 aliphatic rings. The van der Waals surface area contributed by atoms with Crippen LogP contribution in [0.5, 0.6) is 5.75 Å². The summed E-state index contributed by atoms with van der Waals surface area (Å²) in [6, 6.07) is 7.28. The Morgan fingerprint density at radius 3 is 2.30 bits per heavy atom. The first-order valence-corrected chi connectivity index (χ1v) is 9.52. The van der Waals surface area contributed by atoms with E-state index in [9.17, 15) is 18.0 Å². The molecule has 0 spiro atoms. The van der Waals surface area contributed by atoms with Crippen molar-refractivity contribution in [3.05, 3.63) is 35.9 Å². The summed E-state index contributed by atoms with van der Waals surface area (Å²) in [7, 11) is 0. The zero-order chi connectivity index (χ0) is 19.7. The average Bonchev–Trinajstić information content (AvgIpc) is 2.63. The van der Waals surface area contributed by atoms with E-state index in [1.165, 1.54) is 6.08 Å². The van der Waals surface area contributed by atoms with Gasteiger partial charge in [0.1, 0.15) is 5.75 Å². The summed E-state index contributed by atoms with van der Waals surface area (Å²) in [5.41, 5.74) is 0.802. The van der Waals surface area contributed by atoms with E-state index in [0.29, 0.717) is 24.9 Å². The van der Waals surface area contributed by atoms with Crippen molar-refractivity contribution in [2.45, 2.75) is 57.5 Å². The van der Waals surface area contributed by atoms with Gasteiger partial charge < -0.3 is 9.84 Å². The lowest BCUT2D eigenvalue weighted by Gasteiger charge is -2.28. The third kappa shape index (κ3) is 8.98. The van der Waals surface area contributed by atoms with Gasteiger partial charge in [-0.2, -0.15) is 13.2 Å². The van der Waals surface area contributed by atoms with Crippen molar-refractivity contribution in [2.24, 2.45) is 11.8 Å². The Hall–Kier alpha value is -1.98. The van der Waals surface area contributed by atoms with Gasteiger partial charge >= 0.3 is 12.1 Å². The summed E-state index contributed by atoms with van der Waals surface area (Å²) in [5, 5.41) is 8.61. The fraction of sp³-hybridized carbons (Fsp3) is 0.571. The molecule has 0 heterocycles. The molecule has 1 aromatic carbocycles. The molecule has 0 aromatic heterocycles. The van der Waals surface area contributed by atoms with Gasteiger partial charge in [0, 0.05) is 12.5 Å². The number of hydrogen-bond acceptors (Lipinski definition) is 2. The number of hydrogen-bond donors (Lipinski definition) is 1. The van der Waals surface area contributed by atoms with Crippen LogP contribution in [0.1, 0.15) is 56.9 Å². The van der Waals surface area contributed by atoms with E-state index in [1.54, 1.807) is 0 Å². The zero-order valence-electron chi connectivity index (χ0n) is 15.4. The van der Waals surface area contributed by atoms with E-state index >= 15 is 0 Å². The largest absolute Gasteiger partial charge is 0.493 e. The summed E-state index contributed by atoms with van der Waals surface area (Å²) < 4.78 is 42.3. The number of halogens is 3. The van der Waals surface area contributed by atoms with Crippen LogP contribution in [0, 0.1) is 11.8 Å². The number of alkyl halides is 3. The van der Waals surface area contributed by atoms with Gasteiger partial charge in [-0.3, -0.25) is 0 Å². The lowest BCUT2D eigenvalue weighted by molar-refractivity contribution is -0.136. The number of carbonyl (C=O) groups is 1. The molecule has 3 nitrogen and oxygen atoms in total. The molecule has 0 unspecified atom stereocenters. The Morgan fingerprint density at radius 2 is 1.70 bits per heavy atom. The number of unbranched alkanes of at least 4 members (excludes halogenated alkanes) is 1. The Morgan fingerprint density at radius 1 is 1.07 bits per heavy atom. The van der Waals surface area contributed by atoms with Gasteiger partial charge in [0.15, 0.2) is 0 Å². The van der Waals surface area contributed by atoms with Crippen LogP contribution in [0.2, 0.25) is 0 Å². The third-order valence-electron chi connectivity index (χ3n) is 5.07. The molecule has 1 fully saturated rings. The van der Waals surface area contributed by atoms with Crippen molar-refractivity contribution < 1.29 is 27.8 Å². The smallest absolute Gasteiger partial charge is 0.389 e. The van der Waals surface area contributed by atoms with E-state index in [1.807, 2.05) is 24.3 Å². The van der Waals surface area contributed by atoms with Crippen molar-refractivity contribution in [1.82, 2.24) is 0 Å². The maximum atomic E-state index is 12.1. The van der Waals surface area contributed by atoms with E-state index < -0.39 is 18.6 Å². The van der Waals surface area contributed by atoms with Crippen LogP contribution in [0.3, 0.4) is 0 Å². The molecular formula is C21H27F3O3. The van der Waals surface area contributed by atoms with E-state index in [4.69, 9.17) is 9.84 Å². The third-order valence-corrected chi connectivity index (χ3v) is 5.07. The number of aliphatic carboxylic acids is 1. The molecule has 0 atom stereocenters. The quantitative estimate of drug-likeness (QED) is 0.414. The van der Waals surface area contributed by atoms with Gasteiger partial charge in [-0.25, -0.2) is 4.79 Å². The second-order valence-corrected chi connectivity index (χ2v) is 7.30. The lowest BCUT2D eigenvalue weighted by atomic mass is 9.80. The van der Waals surface area contributed by atoms with Crippen molar-refractivity contribution in [1.29, 1.82) is 0 Å². The first kappa shape index (κ1) is 21.3. The SMILES string of the molecule is O=C(O)/C=C/c1ccc(OCC2CCC(CCCCC(F)(F)F)CC2)cc1. The predicted octanol–water partition coefficient (Wildman–Crippen LogP) is 6.09. The van der Waals surface area contributed by atoms with Crippen LogP contribution < -0.4 is 4.74 Å². The van der Waals surface area contributed by atoms with Crippen LogP contribution in [-0.2, 0) is 4.79 Å². The zero-order valence-corrected chi connectivity index (χ0v) is 15.4. The highest BCUT2D eigenvalue weighted by atomic mass is 19.4. The highest BCUT2D eigenvalue weighted by Crippen LogP contribution is 2.33. The summed E-state index contributed by atoms with van der Waals surface area (Å²) in [5.74, 6) is 0.820. The number of rotatable bonds is 9. The molecular weight excluding hydrogens is 357 g/mol. The van der Waals surface area contributed by atoms with Crippen molar-refractivity contribution in [2.75, 3.05) is 6.61 Å². The Kier molecular flexibility index (Phi) is 8.20.